The van der Waals surface area contributed by atoms with E-state index in [0.29, 0.717) is 25.5 Å². The first-order chi connectivity index (χ1) is 15.1. The maximum absolute atomic E-state index is 11.2. The lowest BCUT2D eigenvalue weighted by Crippen LogP contribution is -2.26. The molecule has 2 aromatic carbocycles. The van der Waals surface area contributed by atoms with Crippen LogP contribution in [0.2, 0.25) is 0 Å². The van der Waals surface area contributed by atoms with E-state index in [1.54, 1.807) is 17.0 Å². The molecule has 5 rings (SSSR count). The highest BCUT2D eigenvalue weighted by Crippen LogP contribution is 2.17. The molecule has 9 nitrogen and oxygen atoms in total. The number of imidazole rings is 3. The van der Waals surface area contributed by atoms with E-state index in [1.807, 2.05) is 48.5 Å². The highest BCUT2D eigenvalue weighted by Gasteiger charge is 2.16. The molecule has 0 radical (unpaired) electrons. The molecule has 3 heterocycles. The maximum atomic E-state index is 11.2. The second kappa shape index (κ2) is 8.04. The Morgan fingerprint density at radius 3 is 2.03 bits per heavy atom. The van der Waals surface area contributed by atoms with Crippen molar-refractivity contribution in [3.8, 4) is 0 Å². The summed E-state index contributed by atoms with van der Waals surface area (Å²) in [6.07, 6.45) is 3.31. The molecular formula is C22H21N7O2. The Kier molecular flexibility index (Phi) is 4.93. The third-order valence-electron chi connectivity index (χ3n) is 5.10. The second-order valence-electron chi connectivity index (χ2n) is 7.41. The van der Waals surface area contributed by atoms with Crippen molar-refractivity contribution in [3.63, 3.8) is 0 Å². The average Bonchev–Trinajstić information content (AvgIpc) is 3.45. The molecule has 0 atom stereocenters. The van der Waals surface area contributed by atoms with Crippen molar-refractivity contribution < 1.29 is 9.90 Å². The summed E-state index contributed by atoms with van der Waals surface area (Å²) in [6, 6.07) is 15.8. The molecule has 31 heavy (non-hydrogen) atoms. The van der Waals surface area contributed by atoms with Crippen LogP contribution in [0.25, 0.3) is 22.1 Å². The van der Waals surface area contributed by atoms with Gasteiger partial charge in [-0.2, -0.15) is 0 Å². The van der Waals surface area contributed by atoms with Crippen LogP contribution < -0.4 is 0 Å². The zero-order valence-corrected chi connectivity index (χ0v) is 16.7. The predicted molar refractivity (Wildman–Crippen MR) is 115 cm³/mol. The largest absolute Gasteiger partial charge is 0.480 e. The summed E-state index contributed by atoms with van der Waals surface area (Å²) in [4.78, 5) is 33.8. The Bertz CT molecular complexity index is 1210. The molecular weight excluding hydrogens is 394 g/mol. The molecule has 9 heteroatoms. The van der Waals surface area contributed by atoms with Crippen LogP contribution in [-0.4, -0.2) is 45.5 Å². The maximum Gasteiger partial charge on any atom is 0.323 e. The van der Waals surface area contributed by atoms with Gasteiger partial charge >= 0.3 is 5.97 Å². The SMILES string of the molecule is O=C(O)Cn1ccnc1CN(Cc1nc2ccccc2[nH]1)Cc1nc2ccccc2[nH]1. The van der Waals surface area contributed by atoms with Crippen LogP contribution in [0, 0.1) is 0 Å². The van der Waals surface area contributed by atoms with E-state index in [-0.39, 0.29) is 6.54 Å². The minimum Gasteiger partial charge on any atom is -0.480 e. The molecule has 0 amide bonds. The molecule has 0 saturated heterocycles. The monoisotopic (exact) mass is 415 g/mol. The molecule has 0 fully saturated rings. The summed E-state index contributed by atoms with van der Waals surface area (Å²) in [5.41, 5.74) is 3.78. The predicted octanol–water partition coefficient (Wildman–Crippen LogP) is 2.92. The number of para-hydroxylation sites is 4. The number of fused-ring (bicyclic) bond motifs is 2. The van der Waals surface area contributed by atoms with E-state index in [1.165, 1.54) is 0 Å². The van der Waals surface area contributed by atoms with Crippen molar-refractivity contribution in [2.75, 3.05) is 0 Å². The number of nitrogens with zero attached hydrogens (tertiary/aromatic N) is 5. The van der Waals surface area contributed by atoms with Gasteiger partial charge in [-0.1, -0.05) is 24.3 Å². The van der Waals surface area contributed by atoms with Gasteiger partial charge in [0.05, 0.1) is 41.7 Å². The summed E-state index contributed by atoms with van der Waals surface area (Å²) >= 11 is 0. The van der Waals surface area contributed by atoms with Gasteiger partial charge in [-0.3, -0.25) is 9.69 Å². The van der Waals surface area contributed by atoms with Crippen molar-refractivity contribution in [2.24, 2.45) is 0 Å². The Hall–Kier alpha value is -3.98. The van der Waals surface area contributed by atoms with Crippen molar-refractivity contribution in [2.45, 2.75) is 26.2 Å². The van der Waals surface area contributed by atoms with Crippen LogP contribution in [0.4, 0.5) is 0 Å². The van der Waals surface area contributed by atoms with Crippen LogP contribution in [0.3, 0.4) is 0 Å². The normalized spacial score (nSPS) is 11.6. The van der Waals surface area contributed by atoms with E-state index < -0.39 is 5.97 Å². The summed E-state index contributed by atoms with van der Waals surface area (Å²) in [7, 11) is 0. The zero-order chi connectivity index (χ0) is 21.2. The van der Waals surface area contributed by atoms with E-state index >= 15 is 0 Å². The number of carboxylic acids is 1. The van der Waals surface area contributed by atoms with Gasteiger partial charge in [-0.15, -0.1) is 0 Å². The van der Waals surface area contributed by atoms with Crippen LogP contribution in [-0.2, 0) is 31.0 Å². The molecule has 3 aromatic heterocycles. The first-order valence-electron chi connectivity index (χ1n) is 9.95. The lowest BCUT2D eigenvalue weighted by Gasteiger charge is -2.20. The van der Waals surface area contributed by atoms with Gasteiger partial charge in [-0.25, -0.2) is 15.0 Å². The zero-order valence-electron chi connectivity index (χ0n) is 16.7. The number of carboxylic acid groups (broad SMARTS) is 1. The molecule has 5 aromatic rings. The number of carbonyl (C=O) groups is 1. The van der Waals surface area contributed by atoms with Crippen molar-refractivity contribution in [3.05, 3.63) is 78.4 Å². The van der Waals surface area contributed by atoms with Crippen LogP contribution in [0.5, 0.6) is 0 Å². The van der Waals surface area contributed by atoms with Crippen LogP contribution in [0.15, 0.2) is 60.9 Å². The highest BCUT2D eigenvalue weighted by atomic mass is 16.4. The molecule has 0 aliphatic carbocycles. The number of hydrogen-bond donors (Lipinski definition) is 3. The first-order valence-corrected chi connectivity index (χ1v) is 9.95. The van der Waals surface area contributed by atoms with Crippen molar-refractivity contribution in [1.82, 2.24) is 34.4 Å². The number of H-pyrrole nitrogens is 2. The van der Waals surface area contributed by atoms with Crippen molar-refractivity contribution >= 4 is 28.0 Å². The number of aromatic nitrogens is 6. The molecule has 0 unspecified atom stereocenters. The van der Waals surface area contributed by atoms with E-state index in [4.69, 9.17) is 0 Å². The summed E-state index contributed by atoms with van der Waals surface area (Å²) in [6.45, 7) is 1.39. The third kappa shape index (κ3) is 4.17. The van der Waals surface area contributed by atoms with E-state index in [9.17, 15) is 9.90 Å². The van der Waals surface area contributed by atoms with Gasteiger partial charge < -0.3 is 19.6 Å². The topological polar surface area (TPSA) is 116 Å². The molecule has 3 N–H and O–H groups in total. The quantitative estimate of drug-likeness (QED) is 0.359. The van der Waals surface area contributed by atoms with Crippen LogP contribution >= 0.6 is 0 Å². The Morgan fingerprint density at radius 2 is 1.48 bits per heavy atom. The van der Waals surface area contributed by atoms with Crippen LogP contribution in [0.1, 0.15) is 17.5 Å². The van der Waals surface area contributed by atoms with E-state index in [2.05, 4.69) is 29.8 Å². The molecule has 0 aliphatic rings. The van der Waals surface area contributed by atoms with Gasteiger partial charge in [0.15, 0.2) is 0 Å². The number of hydrogen-bond acceptors (Lipinski definition) is 5. The molecule has 0 spiro atoms. The fraction of sp³-hybridized carbons (Fsp3) is 0.182. The van der Waals surface area contributed by atoms with Gasteiger partial charge in [0.1, 0.15) is 24.0 Å². The second-order valence-corrected chi connectivity index (χ2v) is 7.41. The van der Waals surface area contributed by atoms with Gasteiger partial charge in [0.25, 0.3) is 0 Å². The van der Waals surface area contributed by atoms with Crippen molar-refractivity contribution in [1.29, 1.82) is 0 Å². The summed E-state index contributed by atoms with van der Waals surface area (Å²) in [5.74, 6) is 1.43. The van der Waals surface area contributed by atoms with Gasteiger partial charge in [0, 0.05) is 12.4 Å². The standard InChI is InChI=1S/C22H21N7O2/c30-22(31)14-29-10-9-23-21(29)13-28(11-19-24-15-5-1-2-6-16(15)25-19)12-20-26-17-7-3-4-8-18(17)27-20/h1-10H,11-14H2,(H,24,25)(H,26,27)(H,30,31). The fourth-order valence-electron chi connectivity index (χ4n) is 3.73. The number of aromatic amines is 2. The third-order valence-corrected chi connectivity index (χ3v) is 5.10. The highest BCUT2D eigenvalue weighted by molar-refractivity contribution is 5.75. The Balaban J connectivity index is 1.43. The lowest BCUT2D eigenvalue weighted by atomic mass is 10.3. The first kappa shape index (κ1) is 19.0. The smallest absolute Gasteiger partial charge is 0.323 e. The molecule has 156 valence electrons. The van der Waals surface area contributed by atoms with Gasteiger partial charge in [-0.05, 0) is 24.3 Å². The number of rotatable bonds is 8. The number of nitrogens with one attached hydrogen (secondary N) is 2. The Morgan fingerprint density at radius 1 is 0.903 bits per heavy atom. The minimum absolute atomic E-state index is 0.127. The number of aliphatic carboxylic acids is 1. The fourth-order valence-corrected chi connectivity index (χ4v) is 3.73. The van der Waals surface area contributed by atoms with Gasteiger partial charge in [0.2, 0.25) is 0 Å². The summed E-state index contributed by atoms with van der Waals surface area (Å²) < 4.78 is 1.65. The molecule has 0 bridgehead atoms. The molecule has 0 aliphatic heterocycles. The lowest BCUT2D eigenvalue weighted by molar-refractivity contribution is -0.137. The number of benzene rings is 2. The van der Waals surface area contributed by atoms with E-state index in [0.717, 1.165) is 33.7 Å². The minimum atomic E-state index is -0.902. The Labute approximate surface area is 177 Å². The summed E-state index contributed by atoms with van der Waals surface area (Å²) in [5, 5.41) is 9.18. The average molecular weight is 415 g/mol. The molecule has 0 saturated carbocycles.